The summed E-state index contributed by atoms with van der Waals surface area (Å²) in [6.45, 7) is 5.39. The first kappa shape index (κ1) is 18.5. The fourth-order valence-electron chi connectivity index (χ4n) is 2.79. The van der Waals surface area contributed by atoms with E-state index >= 15 is 0 Å². The van der Waals surface area contributed by atoms with E-state index in [0.29, 0.717) is 17.6 Å². The summed E-state index contributed by atoms with van der Waals surface area (Å²) >= 11 is 11.5. The molecule has 0 bridgehead atoms. The molecule has 0 saturated carbocycles. The summed E-state index contributed by atoms with van der Waals surface area (Å²) in [6, 6.07) is 6.18. The van der Waals surface area contributed by atoms with Gasteiger partial charge in [-0.15, -0.1) is 11.3 Å². The standard InChI is InChI=1S/C17H21BrClN5S/c1-2-20-17(22-9-14-8-12(18)11-25-14)23-13-5-7-24(10-13)16-15(19)4-3-6-21-16/h3-4,6,8,11,13H,2,5,7,9-10H2,1H3,(H2,20,22,23). The molecular formula is C17H21BrClN5S. The number of hydrogen-bond acceptors (Lipinski definition) is 4. The number of halogens is 2. The first-order valence-corrected chi connectivity index (χ1v) is 10.3. The second-order valence-corrected chi connectivity index (χ2v) is 8.13. The van der Waals surface area contributed by atoms with Gasteiger partial charge in [-0.05, 0) is 47.5 Å². The average molecular weight is 443 g/mol. The summed E-state index contributed by atoms with van der Waals surface area (Å²) in [4.78, 5) is 12.6. The van der Waals surface area contributed by atoms with Crippen LogP contribution in [0.5, 0.6) is 0 Å². The van der Waals surface area contributed by atoms with Gasteiger partial charge in [-0.2, -0.15) is 0 Å². The Morgan fingerprint density at radius 1 is 1.56 bits per heavy atom. The van der Waals surface area contributed by atoms with E-state index in [-0.39, 0.29) is 0 Å². The molecule has 1 saturated heterocycles. The van der Waals surface area contributed by atoms with Gasteiger partial charge in [0, 0.05) is 46.6 Å². The van der Waals surface area contributed by atoms with Gasteiger partial charge in [-0.25, -0.2) is 9.98 Å². The second-order valence-electron chi connectivity index (χ2n) is 5.81. The van der Waals surface area contributed by atoms with E-state index in [1.165, 1.54) is 4.88 Å². The summed E-state index contributed by atoms with van der Waals surface area (Å²) in [5.74, 6) is 1.71. The maximum Gasteiger partial charge on any atom is 0.191 e. The largest absolute Gasteiger partial charge is 0.357 e. The molecule has 0 aliphatic carbocycles. The first-order chi connectivity index (χ1) is 12.2. The molecule has 2 aromatic heterocycles. The van der Waals surface area contributed by atoms with E-state index in [4.69, 9.17) is 16.6 Å². The predicted molar refractivity (Wildman–Crippen MR) is 110 cm³/mol. The molecule has 1 aliphatic rings. The van der Waals surface area contributed by atoms with Crippen molar-refractivity contribution in [2.45, 2.75) is 25.9 Å². The third kappa shape index (κ3) is 5.09. The van der Waals surface area contributed by atoms with Crippen LogP contribution in [0.4, 0.5) is 5.82 Å². The highest BCUT2D eigenvalue weighted by molar-refractivity contribution is 9.10. The fraction of sp³-hybridized carbons (Fsp3) is 0.412. The second kappa shape index (κ2) is 8.87. The van der Waals surface area contributed by atoms with Crippen molar-refractivity contribution in [2.24, 2.45) is 4.99 Å². The summed E-state index contributed by atoms with van der Waals surface area (Å²) in [5.41, 5.74) is 0. The van der Waals surface area contributed by atoms with Gasteiger partial charge in [0.25, 0.3) is 0 Å². The maximum atomic E-state index is 6.26. The Morgan fingerprint density at radius 2 is 2.44 bits per heavy atom. The average Bonchev–Trinajstić information content (AvgIpc) is 3.22. The van der Waals surface area contributed by atoms with Crippen LogP contribution >= 0.6 is 38.9 Å². The van der Waals surface area contributed by atoms with Crippen LogP contribution in [0.2, 0.25) is 5.02 Å². The Balaban J connectivity index is 1.60. The van der Waals surface area contributed by atoms with E-state index in [2.05, 4.69) is 54.8 Å². The molecule has 3 rings (SSSR count). The van der Waals surface area contributed by atoms with Crippen molar-refractivity contribution >= 4 is 50.6 Å². The zero-order valence-corrected chi connectivity index (χ0v) is 17.2. The molecule has 2 N–H and O–H groups in total. The molecule has 5 nitrogen and oxygen atoms in total. The predicted octanol–water partition coefficient (Wildman–Crippen LogP) is 3.89. The lowest BCUT2D eigenvalue weighted by Gasteiger charge is -2.20. The van der Waals surface area contributed by atoms with Gasteiger partial charge >= 0.3 is 0 Å². The van der Waals surface area contributed by atoms with E-state index in [0.717, 1.165) is 42.3 Å². The smallest absolute Gasteiger partial charge is 0.191 e. The number of nitrogens with zero attached hydrogens (tertiary/aromatic N) is 3. The van der Waals surface area contributed by atoms with Gasteiger partial charge in [-0.3, -0.25) is 0 Å². The minimum absolute atomic E-state index is 0.325. The third-order valence-electron chi connectivity index (χ3n) is 3.93. The third-order valence-corrected chi connectivity index (χ3v) is 5.90. The van der Waals surface area contributed by atoms with Gasteiger partial charge in [-0.1, -0.05) is 11.6 Å². The molecular weight excluding hydrogens is 422 g/mol. The molecule has 25 heavy (non-hydrogen) atoms. The highest BCUT2D eigenvalue weighted by Crippen LogP contribution is 2.25. The SMILES string of the molecule is CCNC(=NCc1cc(Br)cs1)NC1CCN(c2ncccc2Cl)C1. The Bertz CT molecular complexity index is 735. The number of aliphatic imine (C=N–C) groups is 1. The van der Waals surface area contributed by atoms with Crippen molar-refractivity contribution in [3.8, 4) is 0 Å². The molecule has 134 valence electrons. The number of rotatable bonds is 5. The van der Waals surface area contributed by atoms with Crippen LogP contribution in [0.3, 0.4) is 0 Å². The minimum atomic E-state index is 0.325. The number of guanidine groups is 1. The van der Waals surface area contributed by atoms with Crippen LogP contribution in [-0.2, 0) is 6.54 Å². The maximum absolute atomic E-state index is 6.26. The Hall–Kier alpha value is -1.31. The number of hydrogen-bond donors (Lipinski definition) is 2. The van der Waals surface area contributed by atoms with E-state index in [9.17, 15) is 0 Å². The quantitative estimate of drug-likeness (QED) is 0.545. The molecule has 8 heteroatoms. The highest BCUT2D eigenvalue weighted by atomic mass is 79.9. The van der Waals surface area contributed by atoms with Crippen LogP contribution in [0.25, 0.3) is 0 Å². The summed E-state index contributed by atoms with van der Waals surface area (Å²) in [6.07, 6.45) is 2.81. The van der Waals surface area contributed by atoms with Crippen LogP contribution in [0, 0.1) is 0 Å². The molecule has 0 spiro atoms. The Morgan fingerprint density at radius 3 is 3.16 bits per heavy atom. The number of anilines is 1. The van der Waals surface area contributed by atoms with Crippen molar-refractivity contribution in [2.75, 3.05) is 24.5 Å². The molecule has 3 heterocycles. The highest BCUT2D eigenvalue weighted by Gasteiger charge is 2.25. The zero-order valence-electron chi connectivity index (χ0n) is 14.0. The van der Waals surface area contributed by atoms with Crippen LogP contribution in [0.15, 0.2) is 39.2 Å². The minimum Gasteiger partial charge on any atom is -0.357 e. The number of pyridine rings is 1. The molecule has 0 aromatic carbocycles. The molecule has 1 atom stereocenters. The van der Waals surface area contributed by atoms with Gasteiger partial charge in [0.1, 0.15) is 5.82 Å². The lowest BCUT2D eigenvalue weighted by atomic mass is 10.3. The lowest BCUT2D eigenvalue weighted by molar-refractivity contribution is 0.649. The molecule has 1 fully saturated rings. The van der Waals surface area contributed by atoms with Gasteiger partial charge in [0.2, 0.25) is 0 Å². The van der Waals surface area contributed by atoms with Crippen molar-refractivity contribution in [1.29, 1.82) is 0 Å². The molecule has 0 amide bonds. The lowest BCUT2D eigenvalue weighted by Crippen LogP contribution is -2.44. The van der Waals surface area contributed by atoms with Crippen LogP contribution in [0.1, 0.15) is 18.2 Å². The van der Waals surface area contributed by atoms with Gasteiger partial charge in [0.05, 0.1) is 11.6 Å². The van der Waals surface area contributed by atoms with Crippen molar-refractivity contribution < 1.29 is 0 Å². The molecule has 0 radical (unpaired) electrons. The Kier molecular flexibility index (Phi) is 6.56. The molecule has 1 aliphatic heterocycles. The Labute approximate surface area is 165 Å². The number of thiophene rings is 1. The first-order valence-electron chi connectivity index (χ1n) is 8.29. The number of aromatic nitrogens is 1. The van der Waals surface area contributed by atoms with Crippen molar-refractivity contribution in [1.82, 2.24) is 15.6 Å². The molecule has 2 aromatic rings. The topological polar surface area (TPSA) is 52.6 Å². The van der Waals surface area contributed by atoms with Crippen molar-refractivity contribution in [3.05, 3.63) is 44.1 Å². The monoisotopic (exact) mass is 441 g/mol. The summed E-state index contributed by atoms with van der Waals surface area (Å²) < 4.78 is 1.11. The van der Waals surface area contributed by atoms with Gasteiger partial charge < -0.3 is 15.5 Å². The normalized spacial score (nSPS) is 17.8. The van der Waals surface area contributed by atoms with E-state index in [1.54, 1.807) is 17.5 Å². The summed E-state index contributed by atoms with van der Waals surface area (Å²) in [5, 5.41) is 9.64. The molecule has 1 unspecified atom stereocenters. The van der Waals surface area contributed by atoms with Crippen LogP contribution < -0.4 is 15.5 Å². The zero-order chi connectivity index (χ0) is 17.6. The van der Waals surface area contributed by atoms with Crippen molar-refractivity contribution in [3.63, 3.8) is 0 Å². The van der Waals surface area contributed by atoms with Gasteiger partial charge in [0.15, 0.2) is 5.96 Å². The van der Waals surface area contributed by atoms with E-state index < -0.39 is 0 Å². The van der Waals surface area contributed by atoms with E-state index in [1.807, 2.05) is 12.1 Å². The summed E-state index contributed by atoms with van der Waals surface area (Å²) in [7, 11) is 0. The van der Waals surface area contributed by atoms with Crippen LogP contribution in [-0.4, -0.2) is 36.6 Å². The fourth-order valence-corrected chi connectivity index (χ4v) is 4.40. The number of nitrogens with one attached hydrogen (secondary N) is 2.